The molecule has 2 amide bonds. The minimum absolute atomic E-state index is 0.134. The highest BCUT2D eigenvalue weighted by molar-refractivity contribution is 6.35. The molecule has 1 saturated carbocycles. The van der Waals surface area contributed by atoms with Crippen LogP contribution in [0.3, 0.4) is 0 Å². The summed E-state index contributed by atoms with van der Waals surface area (Å²) in [5.41, 5.74) is -0.0334. The lowest BCUT2D eigenvalue weighted by atomic mass is 10.1. The third-order valence-corrected chi connectivity index (χ3v) is 4.23. The van der Waals surface area contributed by atoms with Gasteiger partial charge in [-0.25, -0.2) is 4.79 Å². The average Bonchev–Trinajstić information content (AvgIpc) is 3.17. The lowest BCUT2D eigenvalue weighted by Crippen LogP contribution is -2.41. The fourth-order valence-electron chi connectivity index (χ4n) is 2.04. The van der Waals surface area contributed by atoms with Crippen molar-refractivity contribution in [1.82, 2.24) is 10.6 Å². The summed E-state index contributed by atoms with van der Waals surface area (Å²) in [5.74, 6) is -0.864. The number of nitrogens with one attached hydrogen (secondary N) is 2. The van der Waals surface area contributed by atoms with E-state index in [2.05, 4.69) is 10.6 Å². The van der Waals surface area contributed by atoms with Crippen molar-refractivity contribution in [2.75, 3.05) is 6.54 Å². The number of carbonyl (C=O) groups is 2. The van der Waals surface area contributed by atoms with Crippen molar-refractivity contribution in [3.05, 3.63) is 33.8 Å². The van der Waals surface area contributed by atoms with Gasteiger partial charge in [0, 0.05) is 16.6 Å². The van der Waals surface area contributed by atoms with Gasteiger partial charge < -0.3 is 15.7 Å². The quantitative estimate of drug-likeness (QED) is 0.775. The van der Waals surface area contributed by atoms with Gasteiger partial charge in [-0.15, -0.1) is 0 Å². The molecule has 3 N–H and O–H groups in total. The molecule has 1 aromatic rings. The molecule has 0 heterocycles. The molecular weight excluding hydrogens is 315 g/mol. The van der Waals surface area contributed by atoms with E-state index in [0.717, 1.165) is 5.56 Å². The largest absolute Gasteiger partial charge is 0.481 e. The Kier molecular flexibility index (Phi) is 4.64. The van der Waals surface area contributed by atoms with Crippen molar-refractivity contribution < 1.29 is 14.7 Å². The number of hydrogen-bond acceptors (Lipinski definition) is 2. The van der Waals surface area contributed by atoms with E-state index in [1.807, 2.05) is 0 Å². The van der Waals surface area contributed by atoms with E-state index in [-0.39, 0.29) is 12.6 Å². The predicted octanol–water partition coefficient (Wildman–Crippen LogP) is 3.22. The van der Waals surface area contributed by atoms with E-state index in [9.17, 15) is 9.59 Å². The highest BCUT2D eigenvalue weighted by atomic mass is 35.5. The molecule has 114 valence electrons. The Labute approximate surface area is 132 Å². The first-order valence-electron chi connectivity index (χ1n) is 6.57. The molecule has 2 rings (SSSR count). The fraction of sp³-hybridized carbons (Fsp3) is 0.429. The monoisotopic (exact) mass is 330 g/mol. The number of rotatable bonds is 5. The van der Waals surface area contributed by atoms with Gasteiger partial charge in [0.15, 0.2) is 0 Å². The Morgan fingerprint density at radius 1 is 1.38 bits per heavy atom. The first-order valence-corrected chi connectivity index (χ1v) is 7.32. The zero-order chi connectivity index (χ0) is 15.6. The van der Waals surface area contributed by atoms with E-state index in [0.29, 0.717) is 22.9 Å². The molecule has 1 aliphatic carbocycles. The van der Waals surface area contributed by atoms with E-state index in [1.165, 1.54) is 0 Å². The Morgan fingerprint density at radius 2 is 2.05 bits per heavy atom. The van der Waals surface area contributed by atoms with Gasteiger partial charge in [-0.1, -0.05) is 29.3 Å². The second kappa shape index (κ2) is 6.12. The van der Waals surface area contributed by atoms with Crippen molar-refractivity contribution in [1.29, 1.82) is 0 Å². The van der Waals surface area contributed by atoms with Gasteiger partial charge in [-0.2, -0.15) is 0 Å². The third-order valence-electron chi connectivity index (χ3n) is 3.67. The molecule has 0 radical (unpaired) electrons. The molecule has 0 spiro atoms. The summed E-state index contributed by atoms with van der Waals surface area (Å²) < 4.78 is 0. The van der Waals surface area contributed by atoms with Gasteiger partial charge in [0.2, 0.25) is 0 Å². The predicted molar refractivity (Wildman–Crippen MR) is 80.7 cm³/mol. The molecule has 7 heteroatoms. The molecule has 5 nitrogen and oxygen atoms in total. The summed E-state index contributed by atoms with van der Waals surface area (Å²) in [6.45, 7) is 1.92. The lowest BCUT2D eigenvalue weighted by Gasteiger charge is -2.18. The van der Waals surface area contributed by atoms with Crippen LogP contribution in [0.1, 0.15) is 31.4 Å². The number of hydrogen-bond donors (Lipinski definition) is 3. The van der Waals surface area contributed by atoms with Crippen LogP contribution in [0.15, 0.2) is 18.2 Å². The van der Waals surface area contributed by atoms with Crippen LogP contribution in [0.5, 0.6) is 0 Å². The number of halogens is 2. The first kappa shape index (κ1) is 15.9. The van der Waals surface area contributed by atoms with Crippen LogP contribution in [-0.4, -0.2) is 23.7 Å². The van der Waals surface area contributed by atoms with Gasteiger partial charge in [-0.05, 0) is 37.5 Å². The van der Waals surface area contributed by atoms with Crippen LogP contribution in [-0.2, 0) is 4.79 Å². The van der Waals surface area contributed by atoms with Crippen LogP contribution < -0.4 is 10.6 Å². The molecule has 0 aromatic heterocycles. The Morgan fingerprint density at radius 3 is 2.57 bits per heavy atom. The Bertz CT molecular complexity index is 573. The van der Waals surface area contributed by atoms with Crippen LogP contribution in [0.2, 0.25) is 10.0 Å². The molecule has 21 heavy (non-hydrogen) atoms. The minimum atomic E-state index is -0.864. The number of urea groups is 1. The van der Waals surface area contributed by atoms with Crippen LogP contribution in [0.4, 0.5) is 4.79 Å². The maximum Gasteiger partial charge on any atom is 0.315 e. The molecule has 1 aromatic carbocycles. The van der Waals surface area contributed by atoms with Crippen molar-refractivity contribution in [3.8, 4) is 0 Å². The Hall–Kier alpha value is -1.46. The van der Waals surface area contributed by atoms with Gasteiger partial charge in [-0.3, -0.25) is 4.79 Å². The van der Waals surface area contributed by atoms with E-state index >= 15 is 0 Å². The van der Waals surface area contributed by atoms with Gasteiger partial charge in [0.25, 0.3) is 0 Å². The van der Waals surface area contributed by atoms with Crippen molar-refractivity contribution >= 4 is 35.2 Å². The van der Waals surface area contributed by atoms with Gasteiger partial charge in [0.05, 0.1) is 11.5 Å². The highest BCUT2D eigenvalue weighted by Crippen LogP contribution is 2.45. The van der Waals surface area contributed by atoms with E-state index < -0.39 is 17.4 Å². The summed E-state index contributed by atoms with van der Waals surface area (Å²) in [5, 5.41) is 15.4. The van der Waals surface area contributed by atoms with E-state index in [1.54, 1.807) is 25.1 Å². The number of benzene rings is 1. The maximum absolute atomic E-state index is 11.8. The fourth-order valence-corrected chi connectivity index (χ4v) is 2.62. The molecular formula is C14H16Cl2N2O3. The molecule has 1 fully saturated rings. The first-order chi connectivity index (χ1) is 9.84. The van der Waals surface area contributed by atoms with Crippen molar-refractivity contribution in [2.45, 2.75) is 25.8 Å². The number of amides is 2. The number of carboxylic acids is 1. The number of aliphatic carboxylic acids is 1. The summed E-state index contributed by atoms with van der Waals surface area (Å²) in [4.78, 5) is 22.8. The maximum atomic E-state index is 11.8. The third kappa shape index (κ3) is 3.80. The SMILES string of the molecule is CC(NC(=O)NCC1(C(=O)O)CC1)c1ccc(Cl)cc1Cl. The summed E-state index contributed by atoms with van der Waals surface area (Å²) in [7, 11) is 0. The van der Waals surface area contributed by atoms with Gasteiger partial charge in [0.1, 0.15) is 0 Å². The summed E-state index contributed by atoms with van der Waals surface area (Å²) >= 11 is 11.9. The number of carbonyl (C=O) groups excluding carboxylic acids is 1. The summed E-state index contributed by atoms with van der Waals surface area (Å²) in [6.07, 6.45) is 1.20. The summed E-state index contributed by atoms with van der Waals surface area (Å²) in [6, 6.07) is 4.33. The minimum Gasteiger partial charge on any atom is -0.481 e. The zero-order valence-electron chi connectivity index (χ0n) is 11.5. The molecule has 0 aliphatic heterocycles. The molecule has 1 unspecified atom stereocenters. The van der Waals surface area contributed by atoms with Crippen LogP contribution in [0, 0.1) is 5.41 Å². The standard InChI is InChI=1S/C14H16Cl2N2O3/c1-8(10-3-2-9(15)6-11(10)16)18-13(21)17-7-14(4-5-14)12(19)20/h2-3,6,8H,4-5,7H2,1H3,(H,19,20)(H2,17,18,21). The normalized spacial score (nSPS) is 16.9. The molecule has 1 aliphatic rings. The van der Waals surface area contributed by atoms with Crippen LogP contribution >= 0.6 is 23.2 Å². The second-order valence-corrected chi connectivity index (χ2v) is 6.14. The second-order valence-electron chi connectivity index (χ2n) is 5.30. The van der Waals surface area contributed by atoms with E-state index in [4.69, 9.17) is 28.3 Å². The average molecular weight is 331 g/mol. The van der Waals surface area contributed by atoms with Crippen molar-refractivity contribution in [3.63, 3.8) is 0 Å². The van der Waals surface area contributed by atoms with Crippen molar-refractivity contribution in [2.24, 2.45) is 5.41 Å². The topological polar surface area (TPSA) is 78.4 Å². The molecule has 1 atom stereocenters. The smallest absolute Gasteiger partial charge is 0.315 e. The zero-order valence-corrected chi connectivity index (χ0v) is 13.0. The van der Waals surface area contributed by atoms with Gasteiger partial charge >= 0.3 is 12.0 Å². The van der Waals surface area contributed by atoms with Crippen LogP contribution in [0.25, 0.3) is 0 Å². The molecule has 0 saturated heterocycles. The molecule has 0 bridgehead atoms. The highest BCUT2D eigenvalue weighted by Gasteiger charge is 2.50. The number of carboxylic acid groups (broad SMARTS) is 1. The lowest BCUT2D eigenvalue weighted by molar-refractivity contribution is -0.143. The Balaban J connectivity index is 1.89.